The van der Waals surface area contributed by atoms with Crippen LogP contribution in [-0.4, -0.2) is 17.8 Å². The van der Waals surface area contributed by atoms with Gasteiger partial charge in [-0.3, -0.25) is 10.1 Å². The van der Waals surface area contributed by atoms with Gasteiger partial charge in [-0.25, -0.2) is 0 Å². The first-order valence-electron chi connectivity index (χ1n) is 7.76. The summed E-state index contributed by atoms with van der Waals surface area (Å²) in [7, 11) is 0. The molecule has 0 saturated carbocycles. The van der Waals surface area contributed by atoms with Crippen molar-refractivity contribution in [2.75, 3.05) is 6.61 Å². The van der Waals surface area contributed by atoms with Crippen LogP contribution < -0.4 is 4.74 Å². The number of benzene rings is 2. The average Bonchev–Trinajstić information content (AvgIpc) is 2.58. The second-order valence-electron chi connectivity index (χ2n) is 5.52. The number of carbonyl (C=O) groups excluding carboxylic acids is 1. The Kier molecular flexibility index (Phi) is 6.96. The molecule has 25 heavy (non-hydrogen) atoms. The van der Waals surface area contributed by atoms with Crippen LogP contribution in [0.15, 0.2) is 40.9 Å². The lowest BCUT2D eigenvalue weighted by molar-refractivity contribution is -0.385. The lowest BCUT2D eigenvalue weighted by Gasteiger charge is -2.16. The van der Waals surface area contributed by atoms with E-state index in [1.807, 2.05) is 19.1 Å². The molecule has 1 unspecified atom stereocenters. The lowest BCUT2D eigenvalue weighted by atomic mass is 9.93. The Morgan fingerprint density at radius 1 is 1.32 bits per heavy atom. The molecule has 0 aromatic heterocycles. The van der Waals surface area contributed by atoms with Gasteiger partial charge in [0.15, 0.2) is 5.75 Å². The molecule has 2 rings (SSSR count). The first-order valence-corrected chi connectivity index (χ1v) is 8.93. The van der Waals surface area contributed by atoms with Crippen molar-refractivity contribution in [3.63, 3.8) is 0 Å². The van der Waals surface area contributed by atoms with E-state index in [0.29, 0.717) is 9.50 Å². The molecular weight excluding hydrogens is 410 g/mol. The number of rotatable bonds is 8. The summed E-state index contributed by atoms with van der Waals surface area (Å²) in [4.78, 5) is 22.2. The summed E-state index contributed by atoms with van der Waals surface area (Å²) in [5.41, 5.74) is 1.67. The molecule has 0 fully saturated rings. The van der Waals surface area contributed by atoms with E-state index in [4.69, 9.17) is 16.3 Å². The van der Waals surface area contributed by atoms with Crippen LogP contribution in [-0.2, 0) is 11.2 Å². The summed E-state index contributed by atoms with van der Waals surface area (Å²) in [6.45, 7) is 2.06. The highest BCUT2D eigenvalue weighted by Crippen LogP contribution is 2.31. The SMILES string of the molecule is CCCc1cc(Cl)ccc1C(C=O)COc1ccc(Br)cc1[N+](=O)[O-]. The van der Waals surface area contributed by atoms with Crippen LogP contribution in [0.1, 0.15) is 30.4 Å². The van der Waals surface area contributed by atoms with Crippen molar-refractivity contribution in [2.24, 2.45) is 0 Å². The van der Waals surface area contributed by atoms with Gasteiger partial charge in [0.1, 0.15) is 12.9 Å². The van der Waals surface area contributed by atoms with Crippen LogP contribution in [0.3, 0.4) is 0 Å². The summed E-state index contributed by atoms with van der Waals surface area (Å²) in [5, 5.41) is 11.8. The molecule has 0 amide bonds. The third-order valence-electron chi connectivity index (χ3n) is 3.72. The molecule has 132 valence electrons. The van der Waals surface area contributed by atoms with Crippen LogP contribution in [0.2, 0.25) is 5.02 Å². The number of halogens is 2. The molecule has 1 atom stereocenters. The summed E-state index contributed by atoms with van der Waals surface area (Å²) < 4.78 is 6.18. The van der Waals surface area contributed by atoms with Crippen molar-refractivity contribution in [3.8, 4) is 5.75 Å². The van der Waals surface area contributed by atoms with E-state index < -0.39 is 10.8 Å². The third-order valence-corrected chi connectivity index (χ3v) is 4.45. The normalized spacial score (nSPS) is 11.8. The number of ether oxygens (including phenoxy) is 1. The Bertz CT molecular complexity index is 782. The smallest absolute Gasteiger partial charge is 0.312 e. The van der Waals surface area contributed by atoms with Gasteiger partial charge in [0.25, 0.3) is 0 Å². The van der Waals surface area contributed by atoms with Crippen molar-refractivity contribution >= 4 is 39.5 Å². The molecule has 2 aromatic rings. The zero-order chi connectivity index (χ0) is 18.4. The van der Waals surface area contributed by atoms with E-state index in [0.717, 1.165) is 30.3 Å². The van der Waals surface area contributed by atoms with E-state index >= 15 is 0 Å². The molecule has 5 nitrogen and oxygen atoms in total. The second-order valence-corrected chi connectivity index (χ2v) is 6.87. The minimum Gasteiger partial charge on any atom is -0.486 e. The van der Waals surface area contributed by atoms with Crippen LogP contribution in [0.5, 0.6) is 5.75 Å². The number of nitro benzene ring substituents is 1. The highest BCUT2D eigenvalue weighted by atomic mass is 79.9. The molecular formula is C18H17BrClNO4. The second kappa shape index (κ2) is 8.97. The number of aryl methyl sites for hydroxylation is 1. The first-order chi connectivity index (χ1) is 12.0. The van der Waals surface area contributed by atoms with Crippen LogP contribution in [0.25, 0.3) is 0 Å². The Labute approximate surface area is 159 Å². The Balaban J connectivity index is 2.24. The molecule has 0 N–H and O–H groups in total. The lowest BCUT2D eigenvalue weighted by Crippen LogP contribution is -2.14. The predicted molar refractivity (Wildman–Crippen MR) is 101 cm³/mol. The number of nitro groups is 1. The van der Waals surface area contributed by atoms with Gasteiger partial charge < -0.3 is 9.53 Å². The maximum absolute atomic E-state index is 11.6. The van der Waals surface area contributed by atoms with Gasteiger partial charge in [0, 0.05) is 15.6 Å². The molecule has 0 aliphatic heterocycles. The van der Waals surface area contributed by atoms with Gasteiger partial charge in [-0.1, -0.05) is 46.9 Å². The zero-order valence-electron chi connectivity index (χ0n) is 13.6. The first kappa shape index (κ1) is 19.4. The fraction of sp³-hybridized carbons (Fsp3) is 0.278. The number of aldehydes is 1. The Morgan fingerprint density at radius 3 is 2.72 bits per heavy atom. The molecule has 0 radical (unpaired) electrons. The maximum Gasteiger partial charge on any atom is 0.312 e. The molecule has 7 heteroatoms. The summed E-state index contributed by atoms with van der Waals surface area (Å²) in [5.74, 6) is -0.395. The van der Waals surface area contributed by atoms with E-state index in [9.17, 15) is 14.9 Å². The molecule has 0 aliphatic rings. The van der Waals surface area contributed by atoms with Crippen molar-refractivity contribution in [3.05, 3.63) is 67.1 Å². The van der Waals surface area contributed by atoms with Gasteiger partial charge in [0.05, 0.1) is 10.8 Å². The monoisotopic (exact) mass is 425 g/mol. The van der Waals surface area contributed by atoms with E-state index in [1.165, 1.54) is 12.1 Å². The Hall–Kier alpha value is -1.92. The van der Waals surface area contributed by atoms with E-state index in [2.05, 4.69) is 15.9 Å². The van der Waals surface area contributed by atoms with Crippen molar-refractivity contribution in [1.29, 1.82) is 0 Å². The molecule has 2 aromatic carbocycles. The number of hydrogen-bond acceptors (Lipinski definition) is 4. The molecule has 0 aliphatic carbocycles. The third kappa shape index (κ3) is 5.03. The number of hydrogen-bond donors (Lipinski definition) is 0. The van der Waals surface area contributed by atoms with Gasteiger partial charge in [-0.15, -0.1) is 0 Å². The molecule has 0 bridgehead atoms. The van der Waals surface area contributed by atoms with Crippen LogP contribution >= 0.6 is 27.5 Å². The van der Waals surface area contributed by atoms with Crippen LogP contribution in [0, 0.1) is 10.1 Å². The molecule has 0 spiro atoms. The predicted octanol–water partition coefficient (Wildman–Crippen LogP) is 5.32. The minimum atomic E-state index is -0.526. The minimum absolute atomic E-state index is 0.0182. The quantitative estimate of drug-likeness (QED) is 0.325. The summed E-state index contributed by atoms with van der Waals surface area (Å²) in [6.07, 6.45) is 2.50. The van der Waals surface area contributed by atoms with Crippen molar-refractivity contribution in [2.45, 2.75) is 25.7 Å². The number of nitrogens with zero attached hydrogens (tertiary/aromatic N) is 1. The topological polar surface area (TPSA) is 69.4 Å². The van der Waals surface area contributed by atoms with Gasteiger partial charge in [-0.2, -0.15) is 0 Å². The fourth-order valence-corrected chi connectivity index (χ4v) is 3.10. The standard InChI is InChI=1S/C18H17BrClNO4/c1-2-3-12-8-15(20)5-6-16(12)13(10-22)11-25-18-7-4-14(19)9-17(18)21(23)24/h4-10,13H,2-3,11H2,1H3. The maximum atomic E-state index is 11.6. The molecule has 0 saturated heterocycles. The van der Waals surface area contributed by atoms with Crippen molar-refractivity contribution < 1.29 is 14.5 Å². The van der Waals surface area contributed by atoms with E-state index in [-0.39, 0.29) is 18.0 Å². The van der Waals surface area contributed by atoms with E-state index in [1.54, 1.807) is 12.1 Å². The zero-order valence-corrected chi connectivity index (χ0v) is 15.9. The van der Waals surface area contributed by atoms with Gasteiger partial charge in [-0.05, 0) is 41.8 Å². The fourth-order valence-electron chi connectivity index (χ4n) is 2.56. The highest BCUT2D eigenvalue weighted by molar-refractivity contribution is 9.10. The number of carbonyl (C=O) groups is 1. The average molecular weight is 427 g/mol. The Morgan fingerprint density at radius 2 is 2.08 bits per heavy atom. The molecule has 0 heterocycles. The van der Waals surface area contributed by atoms with Crippen LogP contribution in [0.4, 0.5) is 5.69 Å². The van der Waals surface area contributed by atoms with Gasteiger partial charge in [0.2, 0.25) is 0 Å². The van der Waals surface area contributed by atoms with Gasteiger partial charge >= 0.3 is 5.69 Å². The highest BCUT2D eigenvalue weighted by Gasteiger charge is 2.20. The summed E-state index contributed by atoms with van der Waals surface area (Å²) >= 11 is 9.24. The van der Waals surface area contributed by atoms with Crippen molar-refractivity contribution in [1.82, 2.24) is 0 Å². The largest absolute Gasteiger partial charge is 0.486 e. The summed E-state index contributed by atoms with van der Waals surface area (Å²) in [6, 6.07) is 9.93.